The zero-order valence-corrected chi connectivity index (χ0v) is 16.7. The van der Waals surface area contributed by atoms with E-state index in [-0.39, 0.29) is 4.90 Å². The monoisotopic (exact) mass is 418 g/mol. The van der Waals surface area contributed by atoms with Crippen molar-refractivity contribution in [3.8, 4) is 5.75 Å². The topological polar surface area (TPSA) is 102 Å². The molecule has 1 aliphatic rings. The van der Waals surface area contributed by atoms with Crippen LogP contribution >= 0.6 is 0 Å². The molecule has 1 amide bonds. The van der Waals surface area contributed by atoms with Crippen molar-refractivity contribution in [2.75, 3.05) is 31.6 Å². The first-order valence-corrected chi connectivity index (χ1v) is 10.6. The summed E-state index contributed by atoms with van der Waals surface area (Å²) in [4.78, 5) is 23.6. The largest absolute Gasteiger partial charge is 0.480 e. The summed E-state index contributed by atoms with van der Waals surface area (Å²) in [5.74, 6) is -0.105. The Bertz CT molecular complexity index is 969. The number of carbonyl (C=O) groups excluding carboxylic acids is 2. The van der Waals surface area contributed by atoms with Gasteiger partial charge in [0.25, 0.3) is 5.91 Å². The van der Waals surface area contributed by atoms with Crippen LogP contribution in [-0.4, -0.2) is 57.3 Å². The molecule has 9 heteroatoms. The second kappa shape index (κ2) is 9.17. The number of hydrogen-bond donors (Lipinski definition) is 1. The molecule has 2 aromatic carbocycles. The number of benzene rings is 2. The van der Waals surface area contributed by atoms with Crippen LogP contribution in [0.3, 0.4) is 0 Å². The predicted molar refractivity (Wildman–Crippen MR) is 107 cm³/mol. The fourth-order valence-electron chi connectivity index (χ4n) is 2.82. The highest BCUT2D eigenvalue weighted by Crippen LogP contribution is 2.21. The molecular formula is C20H22N2O6S. The fourth-order valence-corrected chi connectivity index (χ4v) is 4.23. The Labute approximate surface area is 169 Å². The molecule has 0 aliphatic carbocycles. The highest BCUT2D eigenvalue weighted by atomic mass is 32.2. The lowest BCUT2D eigenvalue weighted by Crippen LogP contribution is -2.40. The van der Waals surface area contributed by atoms with Crippen LogP contribution in [-0.2, 0) is 19.6 Å². The average Bonchev–Trinajstić information content (AvgIpc) is 2.75. The number of ether oxygens (including phenoxy) is 2. The van der Waals surface area contributed by atoms with Gasteiger partial charge in [0, 0.05) is 18.8 Å². The Morgan fingerprint density at radius 1 is 1.14 bits per heavy atom. The third kappa shape index (κ3) is 5.00. The molecule has 0 bridgehead atoms. The van der Waals surface area contributed by atoms with E-state index < -0.39 is 22.0 Å². The molecule has 0 radical (unpaired) electrons. The molecule has 2 aromatic rings. The molecular weight excluding hydrogens is 396 g/mol. The molecule has 154 valence electrons. The molecule has 0 spiro atoms. The van der Waals surface area contributed by atoms with Crippen LogP contribution in [0.15, 0.2) is 53.4 Å². The van der Waals surface area contributed by atoms with Gasteiger partial charge in [0.2, 0.25) is 10.0 Å². The van der Waals surface area contributed by atoms with E-state index >= 15 is 0 Å². The smallest absolute Gasteiger partial charge is 0.265 e. The minimum Gasteiger partial charge on any atom is -0.480 e. The van der Waals surface area contributed by atoms with Crippen molar-refractivity contribution < 1.29 is 27.5 Å². The molecule has 1 aliphatic heterocycles. The van der Waals surface area contributed by atoms with Gasteiger partial charge in [-0.1, -0.05) is 12.1 Å². The van der Waals surface area contributed by atoms with Crippen LogP contribution < -0.4 is 10.1 Å². The number of rotatable bonds is 7. The number of sulfonamides is 1. The van der Waals surface area contributed by atoms with Crippen molar-refractivity contribution in [1.29, 1.82) is 0 Å². The zero-order valence-electron chi connectivity index (χ0n) is 15.9. The third-order valence-electron chi connectivity index (χ3n) is 4.45. The normalized spacial score (nSPS) is 16.0. The lowest BCUT2D eigenvalue weighted by atomic mass is 10.2. The van der Waals surface area contributed by atoms with Gasteiger partial charge in [0.15, 0.2) is 12.4 Å². The van der Waals surface area contributed by atoms with Crippen molar-refractivity contribution in [1.82, 2.24) is 4.31 Å². The highest BCUT2D eigenvalue weighted by Gasteiger charge is 2.26. The number of morpholine rings is 1. The number of anilines is 1. The van der Waals surface area contributed by atoms with Crippen molar-refractivity contribution in [3.05, 3.63) is 54.1 Å². The molecule has 0 unspecified atom stereocenters. The van der Waals surface area contributed by atoms with Gasteiger partial charge < -0.3 is 14.8 Å². The molecule has 1 atom stereocenters. The van der Waals surface area contributed by atoms with Gasteiger partial charge in [-0.25, -0.2) is 8.42 Å². The van der Waals surface area contributed by atoms with E-state index in [9.17, 15) is 18.0 Å². The number of carbonyl (C=O) groups is 2. The maximum atomic E-state index is 12.6. The number of aldehydes is 1. The number of para-hydroxylation sites is 1. The Hall–Kier alpha value is -2.75. The fraction of sp³-hybridized carbons (Fsp3) is 0.300. The molecule has 8 nitrogen and oxygen atoms in total. The molecule has 1 heterocycles. The van der Waals surface area contributed by atoms with Crippen molar-refractivity contribution in [2.24, 2.45) is 0 Å². The summed E-state index contributed by atoms with van der Waals surface area (Å²) in [6.07, 6.45) is -0.194. The number of hydrogen-bond acceptors (Lipinski definition) is 6. The summed E-state index contributed by atoms with van der Waals surface area (Å²) in [6, 6.07) is 12.6. The highest BCUT2D eigenvalue weighted by molar-refractivity contribution is 7.89. The van der Waals surface area contributed by atoms with Crippen molar-refractivity contribution in [3.63, 3.8) is 0 Å². The van der Waals surface area contributed by atoms with Crippen LogP contribution in [0.2, 0.25) is 0 Å². The molecule has 3 rings (SSSR count). The summed E-state index contributed by atoms with van der Waals surface area (Å²) in [6.45, 7) is 2.95. The van der Waals surface area contributed by atoms with Gasteiger partial charge in [0.1, 0.15) is 5.75 Å². The summed E-state index contributed by atoms with van der Waals surface area (Å²) in [5.41, 5.74) is 0.792. The van der Waals surface area contributed by atoms with Gasteiger partial charge >= 0.3 is 0 Å². The van der Waals surface area contributed by atoms with E-state index in [1.165, 1.54) is 28.6 Å². The number of amides is 1. The molecule has 1 saturated heterocycles. The Kier molecular flexibility index (Phi) is 6.63. The summed E-state index contributed by atoms with van der Waals surface area (Å²) >= 11 is 0. The zero-order chi connectivity index (χ0) is 20.9. The van der Waals surface area contributed by atoms with Crippen LogP contribution in [0.1, 0.15) is 17.3 Å². The quantitative estimate of drug-likeness (QED) is 0.690. The maximum absolute atomic E-state index is 12.6. The lowest BCUT2D eigenvalue weighted by molar-refractivity contribution is -0.122. The van der Waals surface area contributed by atoms with Gasteiger partial charge in [-0.05, 0) is 43.3 Å². The van der Waals surface area contributed by atoms with E-state index in [4.69, 9.17) is 9.47 Å². The number of nitrogens with one attached hydrogen (secondary N) is 1. The van der Waals surface area contributed by atoms with Gasteiger partial charge in [-0.3, -0.25) is 9.59 Å². The van der Waals surface area contributed by atoms with Crippen LogP contribution in [0.25, 0.3) is 0 Å². The first-order valence-electron chi connectivity index (χ1n) is 9.11. The Balaban J connectivity index is 1.64. The van der Waals surface area contributed by atoms with Gasteiger partial charge in [-0.2, -0.15) is 4.31 Å². The van der Waals surface area contributed by atoms with Crippen molar-refractivity contribution in [2.45, 2.75) is 17.9 Å². The minimum absolute atomic E-state index is 0.154. The van der Waals surface area contributed by atoms with Gasteiger partial charge in [-0.15, -0.1) is 0 Å². The van der Waals surface area contributed by atoms with E-state index in [0.717, 1.165) is 0 Å². The lowest BCUT2D eigenvalue weighted by Gasteiger charge is -2.26. The minimum atomic E-state index is -3.59. The van der Waals surface area contributed by atoms with Crippen LogP contribution in [0, 0.1) is 0 Å². The molecule has 0 saturated carbocycles. The van der Waals surface area contributed by atoms with E-state index in [1.807, 2.05) is 0 Å². The van der Waals surface area contributed by atoms with Crippen molar-refractivity contribution >= 4 is 27.9 Å². The SMILES string of the molecule is C[C@@H](Oc1ccccc1C=O)C(=O)Nc1ccc(S(=O)(=O)N2CCOCC2)cc1. The summed E-state index contributed by atoms with van der Waals surface area (Å²) in [5, 5.41) is 2.68. The maximum Gasteiger partial charge on any atom is 0.265 e. The average molecular weight is 418 g/mol. The van der Waals surface area contributed by atoms with E-state index in [2.05, 4.69) is 5.32 Å². The first kappa shape index (κ1) is 21.0. The number of nitrogens with zero attached hydrogens (tertiary/aromatic N) is 1. The van der Waals surface area contributed by atoms with Crippen LogP contribution in [0.5, 0.6) is 5.75 Å². The standard InChI is InChI=1S/C20H22N2O6S/c1-15(28-19-5-3-2-4-16(19)14-23)20(24)21-17-6-8-18(9-7-17)29(25,26)22-10-12-27-13-11-22/h2-9,14-15H,10-13H2,1H3,(H,21,24)/t15-/m1/s1. The summed E-state index contributed by atoms with van der Waals surface area (Å²) < 4.78 is 37.4. The third-order valence-corrected chi connectivity index (χ3v) is 6.36. The Morgan fingerprint density at radius 2 is 1.79 bits per heavy atom. The molecule has 0 aromatic heterocycles. The molecule has 1 fully saturated rings. The first-order chi connectivity index (χ1) is 13.9. The molecule has 29 heavy (non-hydrogen) atoms. The Morgan fingerprint density at radius 3 is 2.45 bits per heavy atom. The predicted octanol–water partition coefficient (Wildman–Crippen LogP) is 1.93. The second-order valence-electron chi connectivity index (χ2n) is 6.45. The summed E-state index contributed by atoms with van der Waals surface area (Å²) in [7, 11) is -3.59. The van der Waals surface area contributed by atoms with Crippen LogP contribution in [0.4, 0.5) is 5.69 Å². The second-order valence-corrected chi connectivity index (χ2v) is 8.38. The van der Waals surface area contributed by atoms with E-state index in [1.54, 1.807) is 31.2 Å². The van der Waals surface area contributed by atoms with Gasteiger partial charge in [0.05, 0.1) is 23.7 Å². The molecule has 1 N–H and O–H groups in total. The van der Waals surface area contributed by atoms with E-state index in [0.29, 0.717) is 49.6 Å².